The van der Waals surface area contributed by atoms with Gasteiger partial charge in [0.05, 0.1) is 0 Å². The highest BCUT2D eigenvalue weighted by molar-refractivity contribution is 5.06. The fraction of sp³-hybridized carbons (Fsp3) is 0.333. The lowest BCUT2D eigenvalue weighted by molar-refractivity contribution is 0.0590. The molecule has 10 heavy (non-hydrogen) atoms. The summed E-state index contributed by atoms with van der Waals surface area (Å²) in [5, 5.41) is 16.4. The van der Waals surface area contributed by atoms with Crippen LogP contribution < -0.4 is 5.73 Å². The van der Waals surface area contributed by atoms with Crippen LogP contribution in [0.3, 0.4) is 0 Å². The topological polar surface area (TPSA) is 72.0 Å². The number of hydrogen-bond donors (Lipinski definition) is 2. The molecular formula is C6H9N3O. The quantitative estimate of drug-likeness (QED) is 0.519. The van der Waals surface area contributed by atoms with Crippen molar-refractivity contribution >= 4 is 0 Å². The Kier molecular flexibility index (Phi) is 1.65. The Bertz CT molecular complexity index is 204. The average Bonchev–Trinajstić information content (AvgIpc) is 1.88. The van der Waals surface area contributed by atoms with Crippen LogP contribution in [0.2, 0.25) is 0 Å². The van der Waals surface area contributed by atoms with Gasteiger partial charge in [-0.05, 0) is 19.1 Å². The summed E-state index contributed by atoms with van der Waals surface area (Å²) in [6.07, 6.45) is 1.52. The Hall–Kier alpha value is -1.00. The van der Waals surface area contributed by atoms with Crippen LogP contribution in [0, 0.1) is 0 Å². The van der Waals surface area contributed by atoms with E-state index in [0.717, 1.165) is 0 Å². The third-order valence-electron chi connectivity index (χ3n) is 1.09. The minimum Gasteiger partial charge on any atom is -0.370 e. The molecule has 0 bridgehead atoms. The van der Waals surface area contributed by atoms with E-state index < -0.39 is 5.72 Å². The second kappa shape index (κ2) is 2.32. The van der Waals surface area contributed by atoms with Crippen molar-refractivity contribution in [2.24, 2.45) is 5.73 Å². The van der Waals surface area contributed by atoms with Crippen LogP contribution in [0.5, 0.6) is 0 Å². The fourth-order valence-corrected chi connectivity index (χ4v) is 0.571. The summed E-state index contributed by atoms with van der Waals surface area (Å²) >= 11 is 0. The maximum absolute atomic E-state index is 9.16. The van der Waals surface area contributed by atoms with E-state index in [0.29, 0.717) is 5.69 Å². The number of nitrogens with two attached hydrogens (primary N) is 1. The molecule has 0 aliphatic heterocycles. The number of rotatable bonds is 1. The second-order valence-electron chi connectivity index (χ2n) is 2.26. The lowest BCUT2D eigenvalue weighted by atomic mass is 10.2. The third-order valence-corrected chi connectivity index (χ3v) is 1.09. The third kappa shape index (κ3) is 1.49. The molecule has 0 aliphatic rings. The van der Waals surface area contributed by atoms with Gasteiger partial charge in [-0.15, -0.1) is 0 Å². The number of nitrogens with zero attached hydrogens (tertiary/aromatic N) is 2. The van der Waals surface area contributed by atoms with Crippen LogP contribution in [0.15, 0.2) is 18.3 Å². The van der Waals surface area contributed by atoms with Crippen molar-refractivity contribution in [3.63, 3.8) is 0 Å². The van der Waals surface area contributed by atoms with Crippen molar-refractivity contribution in [1.29, 1.82) is 0 Å². The first-order valence-electron chi connectivity index (χ1n) is 2.90. The summed E-state index contributed by atoms with van der Waals surface area (Å²) in [5.41, 5.74) is 4.30. The highest BCUT2D eigenvalue weighted by atomic mass is 16.3. The average molecular weight is 139 g/mol. The van der Waals surface area contributed by atoms with Gasteiger partial charge >= 0.3 is 0 Å². The van der Waals surface area contributed by atoms with E-state index in [1.807, 2.05) is 0 Å². The minimum absolute atomic E-state index is 0.370. The first-order chi connectivity index (χ1) is 4.61. The lowest BCUT2D eigenvalue weighted by Crippen LogP contribution is -2.33. The van der Waals surface area contributed by atoms with Crippen LogP contribution in [0.25, 0.3) is 0 Å². The standard InChI is InChI=1S/C6H9N3O/c1-6(7,10)5-3-2-4-8-9-5/h2-4,10H,7H2,1H3. The van der Waals surface area contributed by atoms with Crippen LogP contribution in [-0.2, 0) is 5.72 Å². The fourth-order valence-electron chi connectivity index (χ4n) is 0.571. The highest BCUT2D eigenvalue weighted by Gasteiger charge is 2.17. The summed E-state index contributed by atoms with van der Waals surface area (Å²) in [7, 11) is 0. The second-order valence-corrected chi connectivity index (χ2v) is 2.26. The van der Waals surface area contributed by atoms with Crippen molar-refractivity contribution in [1.82, 2.24) is 10.2 Å². The predicted octanol–water partition coefficient (Wildman–Crippen LogP) is -0.400. The van der Waals surface area contributed by atoms with Crippen molar-refractivity contribution in [3.8, 4) is 0 Å². The van der Waals surface area contributed by atoms with Gasteiger partial charge in [0.1, 0.15) is 5.69 Å². The Morgan fingerprint density at radius 1 is 1.70 bits per heavy atom. The lowest BCUT2D eigenvalue weighted by Gasteiger charge is -2.14. The smallest absolute Gasteiger partial charge is 0.155 e. The van der Waals surface area contributed by atoms with Crippen LogP contribution in [0.1, 0.15) is 12.6 Å². The summed E-state index contributed by atoms with van der Waals surface area (Å²) in [6, 6.07) is 3.29. The molecule has 1 aromatic rings. The summed E-state index contributed by atoms with van der Waals surface area (Å²) in [6.45, 7) is 1.46. The Balaban J connectivity index is 2.97. The molecule has 0 saturated heterocycles. The molecule has 1 atom stereocenters. The monoisotopic (exact) mass is 139 g/mol. The summed E-state index contributed by atoms with van der Waals surface area (Å²) < 4.78 is 0. The molecular weight excluding hydrogens is 130 g/mol. The summed E-state index contributed by atoms with van der Waals surface area (Å²) in [5.74, 6) is 0. The first-order valence-corrected chi connectivity index (χ1v) is 2.90. The van der Waals surface area contributed by atoms with Gasteiger partial charge in [0.15, 0.2) is 5.72 Å². The van der Waals surface area contributed by atoms with Gasteiger partial charge in [0.2, 0.25) is 0 Å². The van der Waals surface area contributed by atoms with E-state index >= 15 is 0 Å². The van der Waals surface area contributed by atoms with Crippen molar-refractivity contribution < 1.29 is 5.11 Å². The van der Waals surface area contributed by atoms with Crippen molar-refractivity contribution in [2.45, 2.75) is 12.6 Å². The molecule has 1 heterocycles. The van der Waals surface area contributed by atoms with Crippen LogP contribution in [-0.4, -0.2) is 15.3 Å². The molecule has 0 aromatic carbocycles. The van der Waals surface area contributed by atoms with Crippen LogP contribution in [0.4, 0.5) is 0 Å². The number of hydrogen-bond acceptors (Lipinski definition) is 4. The van der Waals surface area contributed by atoms with Crippen LogP contribution >= 0.6 is 0 Å². The zero-order valence-electron chi connectivity index (χ0n) is 5.65. The first kappa shape index (κ1) is 7.11. The van der Waals surface area contributed by atoms with E-state index in [2.05, 4.69) is 10.2 Å². The van der Waals surface area contributed by atoms with E-state index in [1.54, 1.807) is 12.1 Å². The largest absolute Gasteiger partial charge is 0.370 e. The van der Waals surface area contributed by atoms with Gasteiger partial charge in [-0.25, -0.2) is 0 Å². The number of aliphatic hydroxyl groups is 1. The van der Waals surface area contributed by atoms with Gasteiger partial charge < -0.3 is 5.11 Å². The van der Waals surface area contributed by atoms with Gasteiger partial charge in [0.25, 0.3) is 0 Å². The van der Waals surface area contributed by atoms with E-state index in [1.165, 1.54) is 13.1 Å². The minimum atomic E-state index is -1.38. The normalized spacial score (nSPS) is 16.3. The molecule has 0 aliphatic carbocycles. The Labute approximate surface area is 58.7 Å². The molecule has 0 fully saturated rings. The molecule has 54 valence electrons. The van der Waals surface area contributed by atoms with Crippen molar-refractivity contribution in [3.05, 3.63) is 24.0 Å². The molecule has 1 rings (SSSR count). The Morgan fingerprint density at radius 3 is 2.70 bits per heavy atom. The van der Waals surface area contributed by atoms with Gasteiger partial charge in [-0.1, -0.05) is 0 Å². The Morgan fingerprint density at radius 2 is 2.40 bits per heavy atom. The maximum atomic E-state index is 9.16. The maximum Gasteiger partial charge on any atom is 0.155 e. The van der Waals surface area contributed by atoms with E-state index in [9.17, 15) is 0 Å². The van der Waals surface area contributed by atoms with Gasteiger partial charge in [0, 0.05) is 6.20 Å². The molecule has 4 nitrogen and oxygen atoms in total. The molecule has 4 heteroatoms. The molecule has 3 N–H and O–H groups in total. The molecule has 0 radical (unpaired) electrons. The summed E-state index contributed by atoms with van der Waals surface area (Å²) in [4.78, 5) is 0. The zero-order valence-corrected chi connectivity index (χ0v) is 5.65. The number of aromatic nitrogens is 2. The van der Waals surface area contributed by atoms with Gasteiger partial charge in [-0.3, -0.25) is 5.73 Å². The van der Waals surface area contributed by atoms with Gasteiger partial charge in [-0.2, -0.15) is 10.2 Å². The van der Waals surface area contributed by atoms with E-state index in [4.69, 9.17) is 10.8 Å². The SMILES string of the molecule is CC(N)(O)c1cccnn1. The molecule has 0 spiro atoms. The molecule has 0 saturated carbocycles. The van der Waals surface area contributed by atoms with Crippen molar-refractivity contribution in [2.75, 3.05) is 0 Å². The predicted molar refractivity (Wildman–Crippen MR) is 35.8 cm³/mol. The zero-order chi connectivity index (χ0) is 7.61. The molecule has 1 unspecified atom stereocenters. The molecule has 1 aromatic heterocycles. The molecule has 0 amide bonds. The highest BCUT2D eigenvalue weighted by Crippen LogP contribution is 2.07. The van der Waals surface area contributed by atoms with E-state index in [-0.39, 0.29) is 0 Å².